The third-order valence-corrected chi connectivity index (χ3v) is 7.01. The topological polar surface area (TPSA) is 125 Å². The van der Waals surface area contributed by atoms with Gasteiger partial charge in [0, 0.05) is 35.2 Å². The molecule has 0 saturated heterocycles. The summed E-state index contributed by atoms with van der Waals surface area (Å²) in [5, 5.41) is 21.4. The molecule has 1 amide bonds. The molecule has 1 heterocycles. The van der Waals surface area contributed by atoms with Crippen LogP contribution in [0.15, 0.2) is 73.1 Å². The minimum Gasteiger partial charge on any atom is -0.394 e. The number of amides is 1. The number of ketones is 1. The van der Waals surface area contributed by atoms with Gasteiger partial charge in [0.1, 0.15) is 12.2 Å². The zero-order valence-electron chi connectivity index (χ0n) is 23.9. The van der Waals surface area contributed by atoms with Gasteiger partial charge in [-0.05, 0) is 53.6 Å². The Morgan fingerprint density at radius 1 is 0.927 bits per heavy atom. The number of aliphatic hydroxyl groups is 2. The smallest absolute Gasteiger partial charge is 0.255 e. The zero-order chi connectivity index (χ0) is 29.6. The summed E-state index contributed by atoms with van der Waals surface area (Å²) in [5.41, 5.74) is 5.56. The van der Waals surface area contributed by atoms with Crippen LogP contribution in [0.5, 0.6) is 0 Å². The molecule has 0 spiro atoms. The number of nitrogens with one attached hydrogen (secondary N) is 1. The van der Waals surface area contributed by atoms with E-state index in [1.807, 2.05) is 61.5 Å². The van der Waals surface area contributed by atoms with E-state index in [9.17, 15) is 14.7 Å². The van der Waals surface area contributed by atoms with Crippen molar-refractivity contribution < 1.29 is 19.8 Å². The van der Waals surface area contributed by atoms with Crippen LogP contribution < -0.4 is 5.32 Å². The lowest BCUT2D eigenvalue weighted by molar-refractivity contribution is 0.0779. The van der Waals surface area contributed by atoms with Crippen molar-refractivity contribution in [3.8, 4) is 11.4 Å². The van der Waals surface area contributed by atoms with Crippen molar-refractivity contribution in [3.63, 3.8) is 0 Å². The normalized spacial score (nSPS) is 12.1. The summed E-state index contributed by atoms with van der Waals surface area (Å²) in [6.45, 7) is 7.98. The van der Waals surface area contributed by atoms with Crippen LogP contribution in [0.2, 0.25) is 0 Å². The molecule has 1 unspecified atom stereocenters. The van der Waals surface area contributed by atoms with E-state index in [2.05, 4.69) is 41.0 Å². The summed E-state index contributed by atoms with van der Waals surface area (Å²) in [5.74, 6) is 0.810. The lowest BCUT2D eigenvalue weighted by atomic mass is 9.86. The number of aliphatic hydroxyl groups excluding tert-OH is 2. The number of carbonyl (C=O) groups is 2. The first kappa shape index (κ1) is 29.7. The number of benzene rings is 3. The molecule has 1 atom stereocenters. The van der Waals surface area contributed by atoms with Crippen LogP contribution in [0.25, 0.3) is 11.4 Å². The second-order valence-corrected chi connectivity index (χ2v) is 11.2. The Morgan fingerprint density at radius 2 is 1.61 bits per heavy atom. The van der Waals surface area contributed by atoms with Gasteiger partial charge >= 0.3 is 0 Å². The fraction of sp³-hybridized carbons (Fsp3) is 0.303. The maximum atomic E-state index is 13.0. The molecule has 0 aliphatic heterocycles. The van der Waals surface area contributed by atoms with Crippen LogP contribution in [-0.4, -0.2) is 49.6 Å². The zero-order valence-corrected chi connectivity index (χ0v) is 23.9. The standard InChI is InChI=1S/C33H36N4O4/c1-21-27(6-5-7-28(21)36-32(41)24-12-14-25(15-13-24)33(2,3)4)31-35-20-34-30(37-31)18-22-8-10-23(11-9-22)29(40)17-16-26(39)19-38/h5-15,20,26,38-39H,16-19H2,1-4H3,(H,36,41). The molecule has 4 aromatic rings. The lowest BCUT2D eigenvalue weighted by Gasteiger charge is -2.19. The molecule has 4 rings (SSSR count). The van der Waals surface area contributed by atoms with Gasteiger partial charge in [0.2, 0.25) is 0 Å². The first-order valence-electron chi connectivity index (χ1n) is 13.7. The third-order valence-electron chi connectivity index (χ3n) is 7.01. The van der Waals surface area contributed by atoms with Crippen LogP contribution in [0.3, 0.4) is 0 Å². The van der Waals surface area contributed by atoms with Gasteiger partial charge in [-0.3, -0.25) is 9.59 Å². The SMILES string of the molecule is Cc1c(NC(=O)c2ccc(C(C)(C)C)cc2)cccc1-c1ncnc(Cc2ccc(C(=O)CCC(O)CO)cc2)n1. The first-order valence-corrected chi connectivity index (χ1v) is 13.7. The molecule has 0 aliphatic rings. The molecule has 0 bridgehead atoms. The average molecular weight is 553 g/mol. The molecule has 0 fully saturated rings. The fourth-order valence-corrected chi connectivity index (χ4v) is 4.40. The number of nitrogens with zero attached hydrogens (tertiary/aromatic N) is 3. The maximum Gasteiger partial charge on any atom is 0.255 e. The maximum absolute atomic E-state index is 13.0. The minimum absolute atomic E-state index is 0.0119. The van der Waals surface area contributed by atoms with Crippen LogP contribution in [0, 0.1) is 6.92 Å². The van der Waals surface area contributed by atoms with Gasteiger partial charge in [-0.25, -0.2) is 15.0 Å². The van der Waals surface area contributed by atoms with E-state index in [1.165, 1.54) is 6.33 Å². The number of hydrogen-bond donors (Lipinski definition) is 3. The van der Waals surface area contributed by atoms with Crippen molar-refractivity contribution in [1.82, 2.24) is 15.0 Å². The van der Waals surface area contributed by atoms with E-state index in [1.54, 1.807) is 12.1 Å². The Bertz CT molecular complexity index is 1510. The Kier molecular flexibility index (Phi) is 9.37. The Morgan fingerprint density at radius 3 is 2.27 bits per heavy atom. The highest BCUT2D eigenvalue weighted by Crippen LogP contribution is 2.27. The van der Waals surface area contributed by atoms with E-state index < -0.39 is 6.10 Å². The van der Waals surface area contributed by atoms with E-state index in [4.69, 9.17) is 5.11 Å². The second-order valence-electron chi connectivity index (χ2n) is 11.2. The molecular formula is C33H36N4O4. The van der Waals surface area contributed by atoms with Crippen molar-refractivity contribution in [2.24, 2.45) is 0 Å². The fourth-order valence-electron chi connectivity index (χ4n) is 4.40. The van der Waals surface area contributed by atoms with Gasteiger partial charge in [0.15, 0.2) is 11.6 Å². The number of anilines is 1. The lowest BCUT2D eigenvalue weighted by Crippen LogP contribution is -2.15. The largest absolute Gasteiger partial charge is 0.394 e. The predicted molar refractivity (Wildman–Crippen MR) is 159 cm³/mol. The molecule has 0 radical (unpaired) electrons. The number of Topliss-reactive ketones (excluding diaryl/α,β-unsaturated/α-hetero) is 1. The predicted octanol–water partition coefficient (Wildman–Crippen LogP) is 5.30. The summed E-state index contributed by atoms with van der Waals surface area (Å²) in [7, 11) is 0. The van der Waals surface area contributed by atoms with Crippen LogP contribution in [0.4, 0.5) is 5.69 Å². The summed E-state index contributed by atoms with van der Waals surface area (Å²) in [6, 6.07) is 20.5. The monoisotopic (exact) mass is 552 g/mol. The highest BCUT2D eigenvalue weighted by molar-refractivity contribution is 6.05. The third kappa shape index (κ3) is 7.68. The van der Waals surface area contributed by atoms with Gasteiger partial charge in [-0.1, -0.05) is 69.3 Å². The van der Waals surface area contributed by atoms with Crippen molar-refractivity contribution >= 4 is 17.4 Å². The molecule has 0 aliphatic carbocycles. The Labute approximate surface area is 240 Å². The van der Waals surface area contributed by atoms with E-state index in [-0.39, 0.29) is 36.6 Å². The van der Waals surface area contributed by atoms with Crippen molar-refractivity contribution in [3.05, 3.63) is 107 Å². The second kappa shape index (κ2) is 12.9. The highest BCUT2D eigenvalue weighted by Gasteiger charge is 2.16. The average Bonchev–Trinajstić information content (AvgIpc) is 2.97. The molecule has 8 heteroatoms. The van der Waals surface area contributed by atoms with E-state index >= 15 is 0 Å². The van der Waals surface area contributed by atoms with Gasteiger partial charge in [-0.2, -0.15) is 0 Å². The molecule has 3 aromatic carbocycles. The van der Waals surface area contributed by atoms with E-state index in [0.29, 0.717) is 34.9 Å². The van der Waals surface area contributed by atoms with Crippen LogP contribution in [0.1, 0.15) is 76.8 Å². The first-order chi connectivity index (χ1) is 19.5. The molecule has 0 saturated carbocycles. The highest BCUT2D eigenvalue weighted by atomic mass is 16.3. The van der Waals surface area contributed by atoms with Gasteiger partial charge < -0.3 is 15.5 Å². The Hall–Kier alpha value is -4.27. The molecule has 212 valence electrons. The van der Waals surface area contributed by atoms with Crippen LogP contribution >= 0.6 is 0 Å². The van der Waals surface area contributed by atoms with Crippen molar-refractivity contribution in [1.29, 1.82) is 0 Å². The summed E-state index contributed by atoms with van der Waals surface area (Å²) in [4.78, 5) is 38.7. The number of aromatic nitrogens is 3. The minimum atomic E-state index is -0.886. The molecule has 3 N–H and O–H groups in total. The van der Waals surface area contributed by atoms with Crippen molar-refractivity contribution in [2.45, 2.75) is 58.5 Å². The molecule has 8 nitrogen and oxygen atoms in total. The summed E-state index contributed by atoms with van der Waals surface area (Å²) >= 11 is 0. The molecule has 1 aromatic heterocycles. The number of rotatable bonds is 10. The van der Waals surface area contributed by atoms with Crippen molar-refractivity contribution in [2.75, 3.05) is 11.9 Å². The summed E-state index contributed by atoms with van der Waals surface area (Å²) in [6.07, 6.45) is 1.43. The molecular weight excluding hydrogens is 516 g/mol. The van der Waals surface area contributed by atoms with E-state index in [0.717, 1.165) is 22.3 Å². The van der Waals surface area contributed by atoms with Crippen LogP contribution in [-0.2, 0) is 11.8 Å². The quantitative estimate of drug-likeness (QED) is 0.228. The van der Waals surface area contributed by atoms with Gasteiger partial charge in [0.05, 0.1) is 12.7 Å². The summed E-state index contributed by atoms with van der Waals surface area (Å²) < 4.78 is 0. The van der Waals surface area contributed by atoms with Gasteiger partial charge in [0.25, 0.3) is 5.91 Å². The number of carbonyl (C=O) groups excluding carboxylic acids is 2. The van der Waals surface area contributed by atoms with Gasteiger partial charge in [-0.15, -0.1) is 0 Å². The molecule has 41 heavy (non-hydrogen) atoms. The Balaban J connectivity index is 1.46. The number of hydrogen-bond acceptors (Lipinski definition) is 7.